The third kappa shape index (κ3) is 3.42. The first-order valence-electron chi connectivity index (χ1n) is 7.82. The van der Waals surface area contributed by atoms with Gasteiger partial charge in [-0.15, -0.1) is 0 Å². The van der Waals surface area contributed by atoms with Crippen LogP contribution in [0.25, 0.3) is 5.69 Å². The summed E-state index contributed by atoms with van der Waals surface area (Å²) < 4.78 is 15.9. The molecule has 0 aliphatic heterocycles. The minimum absolute atomic E-state index is 0.0160. The highest BCUT2D eigenvalue weighted by atomic mass is 19.1. The van der Waals surface area contributed by atoms with Gasteiger partial charge >= 0.3 is 0 Å². The molecule has 1 aromatic carbocycles. The van der Waals surface area contributed by atoms with E-state index in [-0.39, 0.29) is 17.5 Å². The molecule has 1 saturated carbocycles. The molecule has 0 bridgehead atoms. The molecule has 3 rings (SSSR count). The second-order valence-corrected chi connectivity index (χ2v) is 6.22. The molecule has 1 heterocycles. The normalized spacial score (nSPS) is 15.5. The predicted molar refractivity (Wildman–Crippen MR) is 86.0 cm³/mol. The molecule has 1 amide bonds. The predicted octanol–water partition coefficient (Wildman–Crippen LogP) is 2.10. The van der Waals surface area contributed by atoms with Crippen LogP contribution < -0.4 is 11.1 Å². The summed E-state index contributed by atoms with van der Waals surface area (Å²) in [4.78, 5) is 12.1. The van der Waals surface area contributed by atoms with Gasteiger partial charge in [-0.1, -0.05) is 0 Å². The Morgan fingerprint density at radius 3 is 2.74 bits per heavy atom. The van der Waals surface area contributed by atoms with Crippen LogP contribution in [0.3, 0.4) is 0 Å². The van der Waals surface area contributed by atoms with Gasteiger partial charge in [-0.2, -0.15) is 5.10 Å². The van der Waals surface area contributed by atoms with Crippen LogP contribution in [0, 0.1) is 25.6 Å². The molecule has 0 saturated heterocycles. The van der Waals surface area contributed by atoms with E-state index in [2.05, 4.69) is 10.4 Å². The number of hydrogen-bond acceptors (Lipinski definition) is 3. The smallest absolute Gasteiger partial charge is 0.251 e. The number of halogens is 1. The molecule has 1 unspecified atom stereocenters. The van der Waals surface area contributed by atoms with Gasteiger partial charge in [-0.05, 0) is 56.9 Å². The van der Waals surface area contributed by atoms with E-state index in [0.29, 0.717) is 18.2 Å². The molecule has 1 fully saturated rings. The summed E-state index contributed by atoms with van der Waals surface area (Å²) in [6.07, 6.45) is 2.26. The number of rotatable bonds is 5. The fourth-order valence-corrected chi connectivity index (χ4v) is 2.70. The fourth-order valence-electron chi connectivity index (χ4n) is 2.70. The van der Waals surface area contributed by atoms with Gasteiger partial charge in [0.2, 0.25) is 0 Å². The van der Waals surface area contributed by atoms with Crippen molar-refractivity contribution in [3.63, 3.8) is 0 Å². The van der Waals surface area contributed by atoms with E-state index in [1.165, 1.54) is 10.7 Å². The molecule has 3 N–H and O–H groups in total. The van der Waals surface area contributed by atoms with Gasteiger partial charge in [-0.3, -0.25) is 4.79 Å². The van der Waals surface area contributed by atoms with E-state index < -0.39 is 5.82 Å². The number of nitrogens with zero attached hydrogens (tertiary/aromatic N) is 2. The number of carbonyl (C=O) groups excluding carboxylic acids is 1. The lowest BCUT2D eigenvalue weighted by molar-refractivity contribution is 0.0950. The molecular formula is C17H21FN4O. The van der Waals surface area contributed by atoms with Crippen molar-refractivity contribution >= 4 is 5.91 Å². The van der Waals surface area contributed by atoms with E-state index in [1.807, 2.05) is 19.9 Å². The number of nitrogens with one attached hydrogen (secondary N) is 1. The van der Waals surface area contributed by atoms with E-state index in [0.717, 1.165) is 24.2 Å². The Hall–Kier alpha value is -2.21. The summed E-state index contributed by atoms with van der Waals surface area (Å²) in [7, 11) is 0. The first-order valence-corrected chi connectivity index (χ1v) is 7.82. The number of hydrogen-bond donors (Lipinski definition) is 2. The van der Waals surface area contributed by atoms with Gasteiger partial charge in [0.1, 0.15) is 11.5 Å². The molecule has 23 heavy (non-hydrogen) atoms. The molecule has 2 aromatic rings. The van der Waals surface area contributed by atoms with E-state index >= 15 is 0 Å². The topological polar surface area (TPSA) is 72.9 Å². The maximum Gasteiger partial charge on any atom is 0.251 e. The molecular weight excluding hydrogens is 295 g/mol. The molecule has 1 aliphatic rings. The van der Waals surface area contributed by atoms with Crippen LogP contribution in [-0.4, -0.2) is 28.3 Å². The fraction of sp³-hybridized carbons (Fsp3) is 0.412. The number of carbonyl (C=O) groups is 1. The summed E-state index contributed by atoms with van der Waals surface area (Å²) in [6, 6.07) is 6.28. The largest absolute Gasteiger partial charge is 0.350 e. The van der Waals surface area contributed by atoms with Crippen molar-refractivity contribution in [1.82, 2.24) is 15.1 Å². The Bertz CT molecular complexity index is 736. The second kappa shape index (κ2) is 6.12. The third-order valence-electron chi connectivity index (χ3n) is 4.17. The van der Waals surface area contributed by atoms with Crippen molar-refractivity contribution in [2.45, 2.75) is 32.7 Å². The summed E-state index contributed by atoms with van der Waals surface area (Å²) in [5, 5.41) is 7.03. The zero-order chi connectivity index (χ0) is 16.6. The van der Waals surface area contributed by atoms with Crippen molar-refractivity contribution in [2.75, 3.05) is 6.54 Å². The summed E-state index contributed by atoms with van der Waals surface area (Å²) in [6.45, 7) is 4.13. The highest BCUT2D eigenvalue weighted by molar-refractivity contribution is 5.94. The Morgan fingerprint density at radius 2 is 2.17 bits per heavy atom. The van der Waals surface area contributed by atoms with Crippen LogP contribution in [0.4, 0.5) is 4.39 Å². The molecule has 6 heteroatoms. The Kier molecular flexibility index (Phi) is 4.17. The van der Waals surface area contributed by atoms with E-state index in [4.69, 9.17) is 5.73 Å². The summed E-state index contributed by atoms with van der Waals surface area (Å²) in [5.41, 5.74) is 8.24. The Morgan fingerprint density at radius 1 is 1.43 bits per heavy atom. The summed E-state index contributed by atoms with van der Waals surface area (Å²) in [5.74, 6) is -0.268. The number of amides is 1. The van der Waals surface area contributed by atoms with E-state index in [1.54, 1.807) is 12.1 Å². The highest BCUT2D eigenvalue weighted by Crippen LogP contribution is 2.31. The first kappa shape index (κ1) is 15.7. The van der Waals surface area contributed by atoms with Gasteiger partial charge in [0, 0.05) is 23.8 Å². The maximum atomic E-state index is 14.4. The van der Waals surface area contributed by atoms with Crippen molar-refractivity contribution in [3.05, 3.63) is 47.0 Å². The molecule has 1 aromatic heterocycles. The van der Waals surface area contributed by atoms with Crippen LogP contribution in [0.2, 0.25) is 0 Å². The molecule has 5 nitrogen and oxygen atoms in total. The van der Waals surface area contributed by atoms with Crippen molar-refractivity contribution in [3.8, 4) is 5.69 Å². The van der Waals surface area contributed by atoms with Gasteiger partial charge in [0.05, 0.1) is 5.69 Å². The van der Waals surface area contributed by atoms with Crippen LogP contribution >= 0.6 is 0 Å². The van der Waals surface area contributed by atoms with E-state index in [9.17, 15) is 9.18 Å². The standard InChI is InChI=1S/C17H21FN4O/c1-10-7-11(2)22(21-10)16-6-5-13(8-14(16)18)17(23)20-9-15(19)12-3-4-12/h5-8,12,15H,3-4,9,19H2,1-2H3,(H,20,23). The monoisotopic (exact) mass is 316 g/mol. The second-order valence-electron chi connectivity index (χ2n) is 6.22. The minimum Gasteiger partial charge on any atom is -0.350 e. The summed E-state index contributed by atoms with van der Waals surface area (Å²) >= 11 is 0. The lowest BCUT2D eigenvalue weighted by atomic mass is 10.1. The minimum atomic E-state index is -0.477. The van der Waals surface area contributed by atoms with Crippen LogP contribution in [-0.2, 0) is 0 Å². The first-order chi connectivity index (χ1) is 11.0. The zero-order valence-corrected chi connectivity index (χ0v) is 13.3. The van der Waals surface area contributed by atoms with Crippen LogP contribution in [0.15, 0.2) is 24.3 Å². The van der Waals surface area contributed by atoms with Crippen molar-refractivity contribution in [1.29, 1.82) is 0 Å². The van der Waals surface area contributed by atoms with Gasteiger partial charge < -0.3 is 11.1 Å². The van der Waals surface area contributed by atoms with Crippen molar-refractivity contribution in [2.24, 2.45) is 11.7 Å². The number of benzene rings is 1. The lowest BCUT2D eigenvalue weighted by Gasteiger charge is -2.12. The molecule has 1 aliphatic carbocycles. The molecule has 1 atom stereocenters. The number of aryl methyl sites for hydroxylation is 2. The molecule has 122 valence electrons. The van der Waals surface area contributed by atoms with Crippen LogP contribution in [0.5, 0.6) is 0 Å². The van der Waals surface area contributed by atoms with Gasteiger partial charge in [-0.25, -0.2) is 9.07 Å². The third-order valence-corrected chi connectivity index (χ3v) is 4.17. The Labute approximate surface area is 134 Å². The van der Waals surface area contributed by atoms with Crippen molar-refractivity contribution < 1.29 is 9.18 Å². The SMILES string of the molecule is Cc1cc(C)n(-c2ccc(C(=O)NCC(N)C3CC3)cc2F)n1. The zero-order valence-electron chi connectivity index (χ0n) is 13.3. The average molecular weight is 316 g/mol. The maximum absolute atomic E-state index is 14.4. The molecule has 0 spiro atoms. The lowest BCUT2D eigenvalue weighted by Crippen LogP contribution is -2.38. The number of aromatic nitrogens is 2. The van der Waals surface area contributed by atoms with Gasteiger partial charge in [0.25, 0.3) is 5.91 Å². The van der Waals surface area contributed by atoms with Gasteiger partial charge in [0.15, 0.2) is 0 Å². The average Bonchev–Trinajstić information content (AvgIpc) is 3.30. The number of nitrogens with two attached hydrogens (primary N) is 1. The Balaban J connectivity index is 1.73. The quantitative estimate of drug-likeness (QED) is 0.887. The molecule has 0 radical (unpaired) electrons. The van der Waals surface area contributed by atoms with Crippen LogP contribution in [0.1, 0.15) is 34.6 Å². The highest BCUT2D eigenvalue weighted by Gasteiger charge is 2.28.